The molecule has 0 aromatic carbocycles. The molecule has 0 aliphatic heterocycles. The fourth-order valence-corrected chi connectivity index (χ4v) is 4.24. The van der Waals surface area contributed by atoms with Crippen LogP contribution in [0.2, 0.25) is 0 Å². The lowest BCUT2D eigenvalue weighted by atomic mass is 9.92. The Morgan fingerprint density at radius 2 is 1.95 bits per heavy atom. The molecular weight excluding hydrogens is 244 g/mol. The third-order valence-corrected chi connectivity index (χ3v) is 4.96. The summed E-state index contributed by atoms with van der Waals surface area (Å²) in [6, 6.07) is 0. The minimum atomic E-state index is -0.301. The van der Waals surface area contributed by atoms with Gasteiger partial charge < -0.3 is 9.47 Å². The van der Waals surface area contributed by atoms with E-state index in [1.165, 1.54) is 0 Å². The highest BCUT2D eigenvalue weighted by molar-refractivity contribution is 5.87. The van der Waals surface area contributed by atoms with Crippen LogP contribution in [0.15, 0.2) is 12.2 Å². The Kier molecular flexibility index (Phi) is 2.91. The van der Waals surface area contributed by atoms with Gasteiger partial charge in [0.1, 0.15) is 6.10 Å². The van der Waals surface area contributed by atoms with Gasteiger partial charge in [-0.1, -0.05) is 6.58 Å². The van der Waals surface area contributed by atoms with Crippen molar-refractivity contribution < 1.29 is 19.1 Å². The van der Waals surface area contributed by atoms with Gasteiger partial charge in [0.05, 0.1) is 12.5 Å². The highest BCUT2D eigenvalue weighted by Crippen LogP contribution is 2.71. The van der Waals surface area contributed by atoms with Crippen molar-refractivity contribution >= 4 is 11.9 Å². The van der Waals surface area contributed by atoms with Crippen molar-refractivity contribution in [2.24, 2.45) is 29.6 Å². The molecule has 0 radical (unpaired) electrons. The van der Waals surface area contributed by atoms with E-state index in [0.717, 1.165) is 12.8 Å². The van der Waals surface area contributed by atoms with E-state index in [-0.39, 0.29) is 24.0 Å². The maximum absolute atomic E-state index is 11.9. The number of carbonyl (C=O) groups is 2. The summed E-state index contributed by atoms with van der Waals surface area (Å²) in [6.45, 7) is 7.55. The van der Waals surface area contributed by atoms with E-state index in [4.69, 9.17) is 9.47 Å². The van der Waals surface area contributed by atoms with Crippen molar-refractivity contribution in [1.82, 2.24) is 0 Å². The smallest absolute Gasteiger partial charge is 0.333 e. The number of rotatable bonds is 4. The molecule has 0 bridgehead atoms. The van der Waals surface area contributed by atoms with E-state index in [1.807, 2.05) is 6.92 Å². The quantitative estimate of drug-likeness (QED) is 0.575. The number of hydrogen-bond acceptors (Lipinski definition) is 4. The number of fused-ring (bicyclic) bond motifs is 1. The van der Waals surface area contributed by atoms with Crippen LogP contribution in [0.1, 0.15) is 26.7 Å². The SMILES string of the molecule is C=C(C)C(=O)OC1CC2C(C(=O)OCC)CC3C1C23. The van der Waals surface area contributed by atoms with Crippen LogP contribution >= 0.6 is 0 Å². The molecule has 3 fully saturated rings. The van der Waals surface area contributed by atoms with Crippen molar-refractivity contribution in [3.63, 3.8) is 0 Å². The highest BCUT2D eigenvalue weighted by Gasteiger charge is 2.71. The zero-order chi connectivity index (χ0) is 13.7. The van der Waals surface area contributed by atoms with Crippen molar-refractivity contribution in [1.29, 1.82) is 0 Å². The third-order valence-electron chi connectivity index (χ3n) is 4.96. The van der Waals surface area contributed by atoms with Crippen molar-refractivity contribution in [2.45, 2.75) is 32.8 Å². The summed E-state index contributed by atoms with van der Waals surface area (Å²) in [5, 5.41) is 0. The molecular formula is C15H20O4. The van der Waals surface area contributed by atoms with Crippen LogP contribution in [-0.2, 0) is 19.1 Å². The largest absolute Gasteiger partial charge is 0.466 e. The van der Waals surface area contributed by atoms with Crippen LogP contribution in [0, 0.1) is 29.6 Å². The number of ether oxygens (including phenoxy) is 2. The second-order valence-electron chi connectivity index (χ2n) is 6.04. The molecule has 3 saturated carbocycles. The van der Waals surface area contributed by atoms with Gasteiger partial charge in [-0.15, -0.1) is 0 Å². The van der Waals surface area contributed by atoms with E-state index in [2.05, 4.69) is 6.58 Å². The molecule has 0 aromatic heterocycles. The van der Waals surface area contributed by atoms with Gasteiger partial charge in [-0.2, -0.15) is 0 Å². The van der Waals surface area contributed by atoms with Gasteiger partial charge in [-0.05, 0) is 44.4 Å². The van der Waals surface area contributed by atoms with E-state index in [1.54, 1.807) is 6.92 Å². The van der Waals surface area contributed by atoms with Crippen LogP contribution in [0.3, 0.4) is 0 Å². The Balaban J connectivity index is 1.63. The molecule has 0 amide bonds. The molecule has 4 nitrogen and oxygen atoms in total. The maximum atomic E-state index is 11.9. The Labute approximate surface area is 113 Å². The zero-order valence-corrected chi connectivity index (χ0v) is 11.4. The van der Waals surface area contributed by atoms with Gasteiger partial charge >= 0.3 is 11.9 Å². The molecule has 19 heavy (non-hydrogen) atoms. The lowest BCUT2D eigenvalue weighted by Crippen LogP contribution is -2.23. The average molecular weight is 264 g/mol. The molecule has 4 heteroatoms. The molecule has 104 valence electrons. The fourth-order valence-electron chi connectivity index (χ4n) is 4.24. The van der Waals surface area contributed by atoms with Crippen LogP contribution in [0.4, 0.5) is 0 Å². The minimum Gasteiger partial charge on any atom is -0.466 e. The first-order chi connectivity index (χ1) is 9.04. The first-order valence-corrected chi connectivity index (χ1v) is 7.07. The van der Waals surface area contributed by atoms with Gasteiger partial charge in [-0.3, -0.25) is 4.79 Å². The second kappa shape index (κ2) is 4.36. The highest BCUT2D eigenvalue weighted by atomic mass is 16.5. The molecule has 0 N–H and O–H groups in total. The molecule has 3 rings (SSSR count). The Morgan fingerprint density at radius 3 is 2.53 bits per heavy atom. The summed E-state index contributed by atoms with van der Waals surface area (Å²) in [5.41, 5.74) is 0.443. The third kappa shape index (κ3) is 1.88. The Bertz CT molecular complexity index is 441. The molecule has 0 heterocycles. The monoisotopic (exact) mass is 264 g/mol. The predicted molar refractivity (Wildman–Crippen MR) is 68.0 cm³/mol. The van der Waals surface area contributed by atoms with Crippen molar-refractivity contribution in [3.8, 4) is 0 Å². The molecule has 3 aliphatic carbocycles. The maximum Gasteiger partial charge on any atom is 0.333 e. The Hall–Kier alpha value is -1.32. The summed E-state index contributed by atoms with van der Waals surface area (Å²) in [5.74, 6) is 1.65. The van der Waals surface area contributed by atoms with Crippen LogP contribution in [0.25, 0.3) is 0 Å². The number of carbonyl (C=O) groups excluding carboxylic acids is 2. The summed E-state index contributed by atoms with van der Waals surface area (Å²) in [6.07, 6.45) is 1.72. The van der Waals surface area contributed by atoms with Crippen molar-refractivity contribution in [3.05, 3.63) is 12.2 Å². The fraction of sp³-hybridized carbons (Fsp3) is 0.733. The van der Waals surface area contributed by atoms with Crippen LogP contribution < -0.4 is 0 Å². The molecule has 3 aliphatic rings. The first-order valence-electron chi connectivity index (χ1n) is 7.07. The normalized spacial score (nSPS) is 41.6. The number of hydrogen-bond donors (Lipinski definition) is 0. The lowest BCUT2D eigenvalue weighted by molar-refractivity contribution is -0.149. The van der Waals surface area contributed by atoms with E-state index < -0.39 is 0 Å². The molecule has 6 atom stereocenters. The van der Waals surface area contributed by atoms with Gasteiger partial charge in [0.2, 0.25) is 0 Å². The van der Waals surface area contributed by atoms with E-state index in [9.17, 15) is 9.59 Å². The first kappa shape index (κ1) is 12.7. The summed E-state index contributed by atoms with van der Waals surface area (Å²) in [7, 11) is 0. The van der Waals surface area contributed by atoms with Crippen molar-refractivity contribution in [2.75, 3.05) is 6.61 Å². The van der Waals surface area contributed by atoms with Crippen LogP contribution in [-0.4, -0.2) is 24.6 Å². The minimum absolute atomic E-state index is 0.0105. The zero-order valence-electron chi connectivity index (χ0n) is 11.4. The lowest BCUT2D eigenvalue weighted by Gasteiger charge is -2.17. The molecule has 0 saturated heterocycles. The van der Waals surface area contributed by atoms with Crippen LogP contribution in [0.5, 0.6) is 0 Å². The van der Waals surface area contributed by atoms with E-state index in [0.29, 0.717) is 35.9 Å². The summed E-state index contributed by atoms with van der Waals surface area (Å²) >= 11 is 0. The Morgan fingerprint density at radius 1 is 1.21 bits per heavy atom. The standard InChI is InChI=1S/C15H20O4/c1-4-18-15(17)9-5-10-12-8(9)6-11(13(10)12)19-14(16)7(2)3/h8-13H,2,4-6H2,1,3H3. The van der Waals surface area contributed by atoms with E-state index >= 15 is 0 Å². The average Bonchev–Trinajstić information content (AvgIpc) is 2.83. The van der Waals surface area contributed by atoms with Gasteiger partial charge in [-0.25, -0.2) is 4.79 Å². The summed E-state index contributed by atoms with van der Waals surface area (Å²) in [4.78, 5) is 23.5. The van der Waals surface area contributed by atoms with Gasteiger partial charge in [0.15, 0.2) is 0 Å². The molecule has 0 aromatic rings. The molecule has 0 spiro atoms. The molecule has 6 unspecified atom stereocenters. The topological polar surface area (TPSA) is 52.6 Å². The number of esters is 2. The summed E-state index contributed by atoms with van der Waals surface area (Å²) < 4.78 is 10.6. The van der Waals surface area contributed by atoms with Gasteiger partial charge in [0.25, 0.3) is 0 Å². The second-order valence-corrected chi connectivity index (χ2v) is 6.04. The predicted octanol–water partition coefficient (Wildman–Crippen LogP) is 1.94. The van der Waals surface area contributed by atoms with Gasteiger partial charge in [0, 0.05) is 11.5 Å².